The lowest BCUT2D eigenvalue weighted by Crippen LogP contribution is -2.17. The van der Waals surface area contributed by atoms with Gasteiger partial charge >= 0.3 is 6.36 Å². The third kappa shape index (κ3) is 4.04. The van der Waals surface area contributed by atoms with Crippen LogP contribution in [0.1, 0.15) is 0 Å². The Kier molecular flexibility index (Phi) is 3.92. The Bertz CT molecular complexity index is 597. The van der Waals surface area contributed by atoms with Gasteiger partial charge in [0.05, 0.1) is 0 Å². The summed E-state index contributed by atoms with van der Waals surface area (Å²) in [4.78, 5) is 0. The van der Waals surface area contributed by atoms with Crippen LogP contribution in [0, 0.1) is 0 Å². The zero-order valence-electron chi connectivity index (χ0n) is 9.34. The van der Waals surface area contributed by atoms with Crippen LogP contribution in [0.25, 0.3) is 11.1 Å². The molecule has 2 rings (SSSR count). The van der Waals surface area contributed by atoms with Gasteiger partial charge in [0.1, 0.15) is 5.75 Å². The first-order valence-electron chi connectivity index (χ1n) is 5.16. The molecule has 0 unspecified atom stereocenters. The molecule has 0 amide bonds. The molecule has 0 aliphatic carbocycles. The van der Waals surface area contributed by atoms with Gasteiger partial charge in [-0.3, -0.25) is 0 Å². The maximum absolute atomic E-state index is 12.2. The predicted molar refractivity (Wildman–Crippen MR) is 68.6 cm³/mol. The highest BCUT2D eigenvalue weighted by Crippen LogP contribution is 2.32. The fourth-order valence-electron chi connectivity index (χ4n) is 1.59. The van der Waals surface area contributed by atoms with Gasteiger partial charge in [-0.2, -0.15) is 0 Å². The van der Waals surface area contributed by atoms with Gasteiger partial charge in [0, 0.05) is 10.0 Å². The van der Waals surface area contributed by atoms with E-state index in [2.05, 4.69) is 4.74 Å². The highest BCUT2D eigenvalue weighted by atomic mass is 35.5. The van der Waals surface area contributed by atoms with Crippen molar-refractivity contribution in [2.45, 2.75) is 6.36 Å². The van der Waals surface area contributed by atoms with Gasteiger partial charge in [-0.1, -0.05) is 35.3 Å². The molecule has 0 N–H and O–H groups in total. The molecular formula is C13H7Cl2F3O. The molecule has 2 aromatic rings. The number of ether oxygens (including phenoxy) is 1. The fourth-order valence-corrected chi connectivity index (χ4v) is 2.01. The Morgan fingerprint density at radius 2 is 1.53 bits per heavy atom. The van der Waals surface area contributed by atoms with Gasteiger partial charge in [0.15, 0.2) is 0 Å². The molecule has 0 fully saturated rings. The van der Waals surface area contributed by atoms with Gasteiger partial charge in [0.2, 0.25) is 0 Å². The van der Waals surface area contributed by atoms with Crippen molar-refractivity contribution in [2.75, 3.05) is 0 Å². The van der Waals surface area contributed by atoms with E-state index >= 15 is 0 Å². The van der Waals surface area contributed by atoms with Crippen LogP contribution in [0.4, 0.5) is 13.2 Å². The third-order valence-electron chi connectivity index (χ3n) is 2.26. The molecule has 0 saturated carbocycles. The van der Waals surface area contributed by atoms with Crippen molar-refractivity contribution in [2.24, 2.45) is 0 Å². The molecule has 19 heavy (non-hydrogen) atoms. The first-order valence-corrected chi connectivity index (χ1v) is 5.91. The predicted octanol–water partition coefficient (Wildman–Crippen LogP) is 5.56. The average Bonchev–Trinajstić information content (AvgIpc) is 2.25. The normalized spacial score (nSPS) is 11.4. The number of hydrogen-bond donors (Lipinski definition) is 0. The maximum Gasteiger partial charge on any atom is 0.573 e. The van der Waals surface area contributed by atoms with E-state index in [1.165, 1.54) is 12.1 Å². The second-order valence-electron chi connectivity index (χ2n) is 3.73. The number of halogens is 5. The molecule has 0 bridgehead atoms. The van der Waals surface area contributed by atoms with Gasteiger partial charge in [0.25, 0.3) is 0 Å². The molecule has 0 spiro atoms. The minimum absolute atomic E-state index is 0.150. The highest BCUT2D eigenvalue weighted by molar-refractivity contribution is 6.31. The Morgan fingerprint density at radius 3 is 2.16 bits per heavy atom. The number of benzene rings is 2. The molecule has 0 aliphatic heterocycles. The first-order chi connectivity index (χ1) is 8.83. The largest absolute Gasteiger partial charge is 0.573 e. The molecular weight excluding hydrogens is 300 g/mol. The molecule has 0 heterocycles. The van der Waals surface area contributed by atoms with E-state index in [4.69, 9.17) is 23.2 Å². The van der Waals surface area contributed by atoms with Crippen LogP contribution in [0.5, 0.6) is 5.75 Å². The third-order valence-corrected chi connectivity index (χ3v) is 2.72. The summed E-state index contributed by atoms with van der Waals surface area (Å²) in [5.74, 6) is -0.366. The summed E-state index contributed by atoms with van der Waals surface area (Å²) in [7, 11) is 0. The Labute approximate surface area is 117 Å². The van der Waals surface area contributed by atoms with E-state index in [9.17, 15) is 13.2 Å². The van der Waals surface area contributed by atoms with Crippen molar-refractivity contribution in [3.8, 4) is 16.9 Å². The van der Waals surface area contributed by atoms with Gasteiger partial charge in [-0.15, -0.1) is 13.2 Å². The monoisotopic (exact) mass is 306 g/mol. The summed E-state index contributed by atoms with van der Waals surface area (Å²) < 4.78 is 40.4. The molecule has 0 radical (unpaired) electrons. The van der Waals surface area contributed by atoms with Crippen molar-refractivity contribution in [1.29, 1.82) is 0 Å². The van der Waals surface area contributed by atoms with Crippen molar-refractivity contribution in [1.82, 2.24) is 0 Å². The number of hydrogen-bond acceptors (Lipinski definition) is 1. The molecule has 2 aromatic carbocycles. The zero-order chi connectivity index (χ0) is 14.0. The number of alkyl halides is 3. The first kappa shape index (κ1) is 14.0. The lowest BCUT2D eigenvalue weighted by Gasteiger charge is -2.11. The molecule has 0 atom stereocenters. The molecule has 0 aromatic heterocycles. The van der Waals surface area contributed by atoms with Gasteiger partial charge < -0.3 is 4.74 Å². The van der Waals surface area contributed by atoms with E-state index in [-0.39, 0.29) is 10.8 Å². The van der Waals surface area contributed by atoms with Crippen LogP contribution in [0.3, 0.4) is 0 Å². The molecule has 1 nitrogen and oxygen atoms in total. The minimum atomic E-state index is -4.75. The van der Waals surface area contributed by atoms with Gasteiger partial charge in [-0.05, 0) is 41.5 Å². The zero-order valence-corrected chi connectivity index (χ0v) is 10.9. The van der Waals surface area contributed by atoms with Crippen molar-refractivity contribution in [3.05, 3.63) is 52.5 Å². The van der Waals surface area contributed by atoms with Crippen LogP contribution < -0.4 is 4.74 Å². The Balaban J connectivity index is 2.42. The standard InChI is InChI=1S/C13H7Cl2F3O/c14-10-3-1-2-8(4-10)9-5-11(15)7-12(6-9)19-13(16,17)18/h1-7H. The quantitative estimate of drug-likeness (QED) is 0.706. The Morgan fingerprint density at radius 1 is 0.842 bits per heavy atom. The second kappa shape index (κ2) is 5.31. The summed E-state index contributed by atoms with van der Waals surface area (Å²) in [6, 6.07) is 10.6. The molecule has 6 heteroatoms. The van der Waals surface area contributed by atoms with E-state index in [0.717, 1.165) is 6.07 Å². The summed E-state index contributed by atoms with van der Waals surface area (Å²) >= 11 is 11.6. The minimum Gasteiger partial charge on any atom is -0.406 e. The van der Waals surface area contributed by atoms with E-state index in [0.29, 0.717) is 16.1 Å². The molecule has 0 aliphatic rings. The fraction of sp³-hybridized carbons (Fsp3) is 0.0769. The second-order valence-corrected chi connectivity index (χ2v) is 4.61. The number of rotatable bonds is 2. The summed E-state index contributed by atoms with van der Waals surface area (Å²) in [5.41, 5.74) is 1.15. The van der Waals surface area contributed by atoms with Gasteiger partial charge in [-0.25, -0.2) is 0 Å². The van der Waals surface area contributed by atoms with E-state index in [1.807, 2.05) is 0 Å². The van der Waals surface area contributed by atoms with Crippen molar-refractivity contribution < 1.29 is 17.9 Å². The van der Waals surface area contributed by atoms with Crippen LogP contribution in [-0.4, -0.2) is 6.36 Å². The molecule has 0 saturated heterocycles. The smallest absolute Gasteiger partial charge is 0.406 e. The van der Waals surface area contributed by atoms with Crippen LogP contribution in [0.2, 0.25) is 10.0 Å². The van der Waals surface area contributed by atoms with Crippen LogP contribution in [-0.2, 0) is 0 Å². The van der Waals surface area contributed by atoms with E-state index in [1.54, 1.807) is 24.3 Å². The lowest BCUT2D eigenvalue weighted by atomic mass is 10.1. The summed E-state index contributed by atoms with van der Waals surface area (Å²) in [5, 5.41) is 0.632. The molecule has 100 valence electrons. The topological polar surface area (TPSA) is 9.23 Å². The van der Waals surface area contributed by atoms with Crippen LogP contribution in [0.15, 0.2) is 42.5 Å². The maximum atomic E-state index is 12.2. The average molecular weight is 307 g/mol. The summed E-state index contributed by atoms with van der Waals surface area (Å²) in [6.45, 7) is 0. The summed E-state index contributed by atoms with van der Waals surface area (Å²) in [6.07, 6.45) is -4.75. The Hall–Kier alpha value is -1.39. The lowest BCUT2D eigenvalue weighted by molar-refractivity contribution is -0.274. The highest BCUT2D eigenvalue weighted by Gasteiger charge is 2.31. The SMILES string of the molecule is FC(F)(F)Oc1cc(Cl)cc(-c2cccc(Cl)c2)c1. The van der Waals surface area contributed by atoms with Crippen molar-refractivity contribution >= 4 is 23.2 Å². The van der Waals surface area contributed by atoms with E-state index < -0.39 is 6.36 Å². The van der Waals surface area contributed by atoms with Crippen molar-refractivity contribution in [3.63, 3.8) is 0 Å². The van der Waals surface area contributed by atoms with Crippen LogP contribution >= 0.6 is 23.2 Å².